The molecule has 19 heavy (non-hydrogen) atoms. The topological polar surface area (TPSA) is 42.0 Å². The summed E-state index contributed by atoms with van der Waals surface area (Å²) in [5, 5.41) is 0. The van der Waals surface area contributed by atoms with Crippen LogP contribution >= 0.6 is 0 Å². The Hall–Kier alpha value is -0.650. The van der Waals surface area contributed by atoms with Crippen molar-refractivity contribution in [3.63, 3.8) is 0 Å². The first-order valence-corrected chi connectivity index (χ1v) is 7.30. The Bertz CT molecular complexity index is 298. The number of carbonyl (C=O) groups excluding carboxylic acids is 1. The van der Waals surface area contributed by atoms with Crippen LogP contribution < -0.4 is 0 Å². The first kappa shape index (κ1) is 14.8. The summed E-state index contributed by atoms with van der Waals surface area (Å²) < 4.78 is 10.6. The summed E-state index contributed by atoms with van der Waals surface area (Å²) in [5.41, 5.74) is 0. The standard InChI is InChI=1S/C14H26N2O3/c1-15-7-8-19-13(10-15)11-16-6-4-3-5-12(16)9-14(17)18-2/h12-13H,3-11H2,1-2H3. The van der Waals surface area contributed by atoms with E-state index in [9.17, 15) is 4.79 Å². The second-order valence-corrected chi connectivity index (χ2v) is 5.68. The largest absolute Gasteiger partial charge is 0.469 e. The molecule has 0 aromatic carbocycles. The molecule has 5 heteroatoms. The summed E-state index contributed by atoms with van der Waals surface area (Å²) in [5.74, 6) is -0.0985. The lowest BCUT2D eigenvalue weighted by atomic mass is 9.98. The van der Waals surface area contributed by atoms with Crippen molar-refractivity contribution in [2.75, 3.05) is 46.9 Å². The molecule has 5 nitrogen and oxygen atoms in total. The molecule has 2 unspecified atom stereocenters. The maximum absolute atomic E-state index is 11.5. The molecule has 0 aromatic rings. The van der Waals surface area contributed by atoms with Gasteiger partial charge in [-0.2, -0.15) is 0 Å². The summed E-state index contributed by atoms with van der Waals surface area (Å²) in [6.07, 6.45) is 4.32. The van der Waals surface area contributed by atoms with Gasteiger partial charge in [-0.05, 0) is 26.4 Å². The molecule has 0 aromatic heterocycles. The number of esters is 1. The van der Waals surface area contributed by atoms with Crippen LogP contribution in [-0.2, 0) is 14.3 Å². The van der Waals surface area contributed by atoms with Gasteiger partial charge in [0.15, 0.2) is 0 Å². The minimum Gasteiger partial charge on any atom is -0.469 e. The number of nitrogens with zero attached hydrogens (tertiary/aromatic N) is 2. The highest BCUT2D eigenvalue weighted by atomic mass is 16.5. The first-order valence-electron chi connectivity index (χ1n) is 7.30. The Morgan fingerprint density at radius 1 is 1.37 bits per heavy atom. The van der Waals surface area contributed by atoms with Gasteiger partial charge in [0.2, 0.25) is 0 Å². The summed E-state index contributed by atoms with van der Waals surface area (Å²) in [4.78, 5) is 16.2. The number of piperidine rings is 1. The number of carbonyl (C=O) groups is 1. The molecule has 2 rings (SSSR count). The van der Waals surface area contributed by atoms with Crippen molar-refractivity contribution in [2.24, 2.45) is 0 Å². The fourth-order valence-corrected chi connectivity index (χ4v) is 3.05. The van der Waals surface area contributed by atoms with E-state index in [2.05, 4.69) is 16.8 Å². The normalized spacial score (nSPS) is 30.2. The molecule has 0 amide bonds. The SMILES string of the molecule is COC(=O)CC1CCCCN1CC1CN(C)CCO1. The van der Waals surface area contributed by atoms with Gasteiger partial charge in [0.1, 0.15) is 0 Å². The molecule has 2 aliphatic heterocycles. The third-order valence-electron chi connectivity index (χ3n) is 4.16. The zero-order chi connectivity index (χ0) is 13.7. The third kappa shape index (κ3) is 4.44. The van der Waals surface area contributed by atoms with E-state index in [-0.39, 0.29) is 12.1 Å². The molecular weight excluding hydrogens is 244 g/mol. The zero-order valence-corrected chi connectivity index (χ0v) is 12.1. The highest BCUT2D eigenvalue weighted by Gasteiger charge is 2.28. The number of likely N-dealkylation sites (tertiary alicyclic amines) is 1. The maximum atomic E-state index is 11.5. The molecule has 0 bridgehead atoms. The van der Waals surface area contributed by atoms with Gasteiger partial charge >= 0.3 is 5.97 Å². The number of hydrogen-bond donors (Lipinski definition) is 0. The van der Waals surface area contributed by atoms with E-state index in [0.29, 0.717) is 12.5 Å². The third-order valence-corrected chi connectivity index (χ3v) is 4.16. The van der Waals surface area contributed by atoms with Gasteiger partial charge in [0.25, 0.3) is 0 Å². The average Bonchev–Trinajstić information content (AvgIpc) is 2.41. The molecule has 2 heterocycles. The fourth-order valence-electron chi connectivity index (χ4n) is 3.05. The van der Waals surface area contributed by atoms with Crippen LogP contribution in [0.25, 0.3) is 0 Å². The van der Waals surface area contributed by atoms with E-state index in [0.717, 1.165) is 39.2 Å². The Labute approximate surface area is 115 Å². The maximum Gasteiger partial charge on any atom is 0.307 e. The van der Waals surface area contributed by atoms with Gasteiger partial charge in [-0.1, -0.05) is 6.42 Å². The highest BCUT2D eigenvalue weighted by Crippen LogP contribution is 2.21. The molecule has 2 atom stereocenters. The smallest absolute Gasteiger partial charge is 0.307 e. The molecule has 0 aliphatic carbocycles. The van der Waals surface area contributed by atoms with Crippen molar-refractivity contribution in [1.29, 1.82) is 0 Å². The van der Waals surface area contributed by atoms with Crippen LogP contribution in [0.3, 0.4) is 0 Å². The lowest BCUT2D eigenvalue weighted by Gasteiger charge is -2.39. The van der Waals surface area contributed by atoms with Crippen molar-refractivity contribution >= 4 is 5.97 Å². The number of ether oxygens (including phenoxy) is 2. The molecule has 2 fully saturated rings. The van der Waals surface area contributed by atoms with E-state index in [1.807, 2.05) is 0 Å². The fraction of sp³-hybridized carbons (Fsp3) is 0.929. The van der Waals surface area contributed by atoms with Gasteiger partial charge in [0, 0.05) is 25.7 Å². The molecule has 0 radical (unpaired) electrons. The van der Waals surface area contributed by atoms with Crippen LogP contribution in [0.15, 0.2) is 0 Å². The van der Waals surface area contributed by atoms with Crippen LogP contribution in [0, 0.1) is 0 Å². The Morgan fingerprint density at radius 2 is 2.21 bits per heavy atom. The van der Waals surface area contributed by atoms with Crippen LogP contribution in [0.5, 0.6) is 0 Å². The Kier molecular flexibility index (Phi) is 5.60. The zero-order valence-electron chi connectivity index (χ0n) is 12.1. The molecule has 0 saturated carbocycles. The molecular formula is C14H26N2O3. The molecule has 2 aliphatic rings. The number of morpholine rings is 1. The number of rotatable bonds is 4. The molecule has 0 spiro atoms. The Morgan fingerprint density at radius 3 is 2.95 bits per heavy atom. The minimum atomic E-state index is -0.0985. The average molecular weight is 270 g/mol. The summed E-state index contributed by atoms with van der Waals surface area (Å²) >= 11 is 0. The molecule has 2 saturated heterocycles. The summed E-state index contributed by atoms with van der Waals surface area (Å²) in [6.45, 7) is 4.83. The van der Waals surface area contributed by atoms with E-state index in [4.69, 9.17) is 9.47 Å². The second-order valence-electron chi connectivity index (χ2n) is 5.68. The number of hydrogen-bond acceptors (Lipinski definition) is 5. The highest BCUT2D eigenvalue weighted by molar-refractivity contribution is 5.69. The van der Waals surface area contributed by atoms with Gasteiger partial charge in [-0.25, -0.2) is 0 Å². The van der Waals surface area contributed by atoms with Gasteiger partial charge in [-0.3, -0.25) is 9.69 Å². The van der Waals surface area contributed by atoms with E-state index in [1.54, 1.807) is 0 Å². The van der Waals surface area contributed by atoms with Crippen molar-refractivity contribution in [1.82, 2.24) is 9.80 Å². The van der Waals surface area contributed by atoms with Crippen molar-refractivity contribution in [3.05, 3.63) is 0 Å². The molecule has 110 valence electrons. The van der Waals surface area contributed by atoms with Gasteiger partial charge in [-0.15, -0.1) is 0 Å². The lowest BCUT2D eigenvalue weighted by Crippen LogP contribution is -2.50. The van der Waals surface area contributed by atoms with Crippen LogP contribution in [0.1, 0.15) is 25.7 Å². The van der Waals surface area contributed by atoms with Crippen LogP contribution in [0.4, 0.5) is 0 Å². The van der Waals surface area contributed by atoms with E-state index < -0.39 is 0 Å². The summed E-state index contributed by atoms with van der Waals surface area (Å²) in [6, 6.07) is 0.331. The van der Waals surface area contributed by atoms with Gasteiger partial charge in [0.05, 0.1) is 26.2 Å². The van der Waals surface area contributed by atoms with Crippen LogP contribution in [-0.4, -0.2) is 74.9 Å². The van der Waals surface area contributed by atoms with Crippen molar-refractivity contribution < 1.29 is 14.3 Å². The van der Waals surface area contributed by atoms with E-state index >= 15 is 0 Å². The monoisotopic (exact) mass is 270 g/mol. The predicted molar refractivity (Wildman–Crippen MR) is 73.1 cm³/mol. The van der Waals surface area contributed by atoms with Crippen LogP contribution in [0.2, 0.25) is 0 Å². The first-order chi connectivity index (χ1) is 9.19. The lowest BCUT2D eigenvalue weighted by molar-refractivity contribution is -0.142. The Balaban J connectivity index is 1.86. The quantitative estimate of drug-likeness (QED) is 0.705. The molecule has 0 N–H and O–H groups in total. The number of methoxy groups -OCH3 is 1. The van der Waals surface area contributed by atoms with Gasteiger partial charge < -0.3 is 14.4 Å². The second kappa shape index (κ2) is 7.22. The van der Waals surface area contributed by atoms with Crippen molar-refractivity contribution in [2.45, 2.75) is 37.8 Å². The van der Waals surface area contributed by atoms with E-state index in [1.165, 1.54) is 20.0 Å². The predicted octanol–water partition coefficient (Wildman–Crippen LogP) is 0.735. The minimum absolute atomic E-state index is 0.0985. The summed E-state index contributed by atoms with van der Waals surface area (Å²) in [7, 11) is 3.60. The van der Waals surface area contributed by atoms with Crippen molar-refractivity contribution in [3.8, 4) is 0 Å². The number of likely N-dealkylation sites (N-methyl/N-ethyl adjacent to an activating group) is 1.